The summed E-state index contributed by atoms with van der Waals surface area (Å²) in [5.74, 6) is -1.94. The highest BCUT2D eigenvalue weighted by molar-refractivity contribution is 5.54. The Kier molecular flexibility index (Phi) is 3.14. The molecule has 2 aromatic rings. The van der Waals surface area contributed by atoms with Crippen LogP contribution in [0.1, 0.15) is 25.8 Å². The molecule has 0 saturated carbocycles. The van der Waals surface area contributed by atoms with Crippen molar-refractivity contribution in [2.75, 3.05) is 0 Å². The summed E-state index contributed by atoms with van der Waals surface area (Å²) in [4.78, 5) is 0. The van der Waals surface area contributed by atoms with Crippen LogP contribution in [0.2, 0.25) is 0 Å². The molecule has 0 bridgehead atoms. The molecular weight excluding hydrogens is 292 g/mol. The van der Waals surface area contributed by atoms with Crippen molar-refractivity contribution < 1.29 is 43.9 Å². The van der Waals surface area contributed by atoms with Gasteiger partial charge in [-0.1, -0.05) is 0 Å². The Labute approximate surface area is 133 Å². The molecule has 0 fully saturated rings. The fourth-order valence-electron chi connectivity index (χ4n) is 2.54. The Morgan fingerprint density at radius 1 is 0.909 bits per heavy atom. The molecule has 2 atom stereocenters. The van der Waals surface area contributed by atoms with Crippen LogP contribution in [0.15, 0.2) is 24.3 Å². The summed E-state index contributed by atoms with van der Waals surface area (Å²) in [5.41, 5.74) is 0.600. The first kappa shape index (κ1) is 14.2. The summed E-state index contributed by atoms with van der Waals surface area (Å²) in [5, 5.41) is 57.9. The second kappa shape index (κ2) is 4.88. The fourth-order valence-corrected chi connectivity index (χ4v) is 2.54. The maximum atomic E-state index is 10.2. The van der Waals surface area contributed by atoms with Gasteiger partial charge < -0.3 is 35.4 Å². The second-order valence-electron chi connectivity index (χ2n) is 5.16. The van der Waals surface area contributed by atoms with E-state index >= 15 is 0 Å². The predicted molar refractivity (Wildman–Crippen MR) is 87.0 cm³/mol. The predicted octanol–water partition coefficient (Wildman–Crippen LogP) is 2.73. The summed E-state index contributed by atoms with van der Waals surface area (Å²) >= 11 is 0. The zero-order chi connectivity index (χ0) is 16.0. The highest BCUT2D eigenvalue weighted by Crippen LogP contribution is 2.44. The monoisotopic (exact) mass is 318 g/mol. The van der Waals surface area contributed by atoms with Gasteiger partial charge in [-0.25, -0.2) is 0 Å². The molecule has 3 rings (SSSR count). The van der Waals surface area contributed by atoms with Crippen LogP contribution in [0.5, 0.6) is 34.5 Å². The van der Waals surface area contributed by atoms with E-state index in [1.165, 1.54) is 6.07 Å². The first-order valence-corrected chi connectivity index (χ1v) is 6.51. The lowest BCUT2D eigenvalue weighted by Crippen LogP contribution is -2.30. The number of phenolic OH excluding ortho intramolecular Hbond substituents is 5. The molecule has 1 heterocycles. The lowest BCUT2D eigenvalue weighted by atomic mass is 9.93. The van der Waals surface area contributed by atoms with Crippen molar-refractivity contribution in [3.63, 3.8) is 0 Å². The third-order valence-electron chi connectivity index (χ3n) is 3.61. The first-order valence-electron chi connectivity index (χ1n) is 6.51. The number of phenols is 5. The van der Waals surface area contributed by atoms with Crippen LogP contribution in [-0.4, -0.2) is 36.7 Å². The molecule has 7 nitrogen and oxygen atoms in total. The average Bonchev–Trinajstić information content (AvgIpc) is 2.44. The number of aliphatic hydroxyl groups excluding tert-OH is 1. The summed E-state index contributed by atoms with van der Waals surface area (Å²) < 4.78 is 5.57. The van der Waals surface area contributed by atoms with Gasteiger partial charge in [-0.05, 0) is 12.1 Å². The minimum Gasteiger partial charge on any atom is -0.508 e. The number of benzene rings is 2. The highest BCUT2D eigenvalue weighted by atomic mass is 16.5. The number of hydrogen-bond acceptors (Lipinski definition) is 7. The molecule has 0 radical (unpaired) electrons. The van der Waals surface area contributed by atoms with Crippen LogP contribution in [0.3, 0.4) is 0 Å². The van der Waals surface area contributed by atoms with Gasteiger partial charge in [-0.15, -0.1) is 0 Å². The van der Waals surface area contributed by atoms with Crippen molar-refractivity contribution in [3.8, 4) is 34.5 Å². The van der Waals surface area contributed by atoms with Gasteiger partial charge in [0.25, 0.3) is 0 Å². The summed E-state index contributed by atoms with van der Waals surface area (Å²) in [6, 6.07) is 4.77. The van der Waals surface area contributed by atoms with E-state index in [0.29, 0.717) is 5.56 Å². The average molecular weight is 318 g/mol. The maximum absolute atomic E-state index is 10.2. The van der Waals surface area contributed by atoms with Crippen LogP contribution in [0.4, 0.5) is 0 Å². The van der Waals surface area contributed by atoms with Crippen LogP contribution >= 0.6 is 0 Å². The van der Waals surface area contributed by atoms with E-state index < -0.39 is 29.5 Å². The van der Waals surface area contributed by atoms with Crippen LogP contribution < -0.4 is 4.74 Å². The van der Waals surface area contributed by atoms with Gasteiger partial charge in [-0.2, -0.15) is 0 Å². The van der Waals surface area contributed by atoms with Crippen molar-refractivity contribution in [1.29, 1.82) is 0 Å². The molecule has 0 spiro atoms. The molecule has 0 unspecified atom stereocenters. The van der Waals surface area contributed by atoms with E-state index in [-0.39, 0.29) is 37.8 Å². The zero-order valence-corrected chi connectivity index (χ0v) is 11.3. The van der Waals surface area contributed by atoms with E-state index in [1.807, 2.05) is 0 Å². The molecule has 0 aliphatic carbocycles. The molecule has 6 N–H and O–H groups in total. The van der Waals surface area contributed by atoms with Gasteiger partial charge in [0, 0.05) is 38.2 Å². The number of rotatable bonds is 1. The highest BCUT2D eigenvalue weighted by Gasteiger charge is 2.33. The Balaban J connectivity index is -0.000000480. The molecule has 128 valence electrons. The maximum Gasteiger partial charge on any atom is 0.200 e. The molecule has 0 aromatic heterocycles. The van der Waals surface area contributed by atoms with Crippen molar-refractivity contribution in [2.45, 2.75) is 18.6 Å². The normalized spacial score (nSPS) is 20.2. The SMILES string of the molecule is Oc1cc(O)c2c(c1)O[C@H](c1cc(O)c(O)c(O)c1)[C@H](O)C2.[HH].[HH].[HH].[HH].[HH].[HH]. The summed E-state index contributed by atoms with van der Waals surface area (Å²) in [6.45, 7) is 0. The lowest BCUT2D eigenvalue weighted by molar-refractivity contribution is 0.0196. The van der Waals surface area contributed by atoms with Crippen molar-refractivity contribution >= 4 is 0 Å². The van der Waals surface area contributed by atoms with Crippen LogP contribution in [-0.2, 0) is 6.42 Å². The van der Waals surface area contributed by atoms with Crippen molar-refractivity contribution in [1.82, 2.24) is 0 Å². The Morgan fingerprint density at radius 2 is 1.55 bits per heavy atom. The fraction of sp³-hybridized carbons (Fsp3) is 0.200. The Morgan fingerprint density at radius 3 is 2.18 bits per heavy atom. The van der Waals surface area contributed by atoms with Gasteiger partial charge in [0.15, 0.2) is 23.4 Å². The van der Waals surface area contributed by atoms with Crippen molar-refractivity contribution in [3.05, 3.63) is 35.4 Å². The lowest BCUT2D eigenvalue weighted by Gasteiger charge is -2.31. The van der Waals surface area contributed by atoms with Crippen LogP contribution in [0, 0.1) is 0 Å². The van der Waals surface area contributed by atoms with Gasteiger partial charge in [-0.3, -0.25) is 0 Å². The number of aromatic hydroxyl groups is 5. The van der Waals surface area contributed by atoms with Gasteiger partial charge in [0.05, 0.1) is 6.10 Å². The zero-order valence-electron chi connectivity index (χ0n) is 11.3. The summed E-state index contributed by atoms with van der Waals surface area (Å²) in [7, 11) is 0. The Bertz CT molecular complexity index is 739. The third kappa shape index (κ3) is 2.21. The van der Waals surface area contributed by atoms with E-state index in [1.54, 1.807) is 0 Å². The third-order valence-corrected chi connectivity index (χ3v) is 3.61. The molecule has 1 aliphatic heterocycles. The smallest absolute Gasteiger partial charge is 0.200 e. The molecule has 7 heteroatoms. The van der Waals surface area contributed by atoms with E-state index in [4.69, 9.17) is 4.74 Å². The topological polar surface area (TPSA) is 131 Å². The van der Waals surface area contributed by atoms with Gasteiger partial charge in [0.1, 0.15) is 17.2 Å². The van der Waals surface area contributed by atoms with E-state index in [2.05, 4.69) is 0 Å². The van der Waals surface area contributed by atoms with Gasteiger partial charge >= 0.3 is 0 Å². The van der Waals surface area contributed by atoms with E-state index in [0.717, 1.165) is 18.2 Å². The van der Waals surface area contributed by atoms with E-state index in [9.17, 15) is 30.6 Å². The molecular formula is C15H26O7. The minimum atomic E-state index is -1.05. The molecule has 0 saturated heterocycles. The minimum absolute atomic E-state index is 0. The first-order chi connectivity index (χ1) is 10.4. The molecule has 22 heavy (non-hydrogen) atoms. The molecule has 0 amide bonds. The number of hydrogen-bond donors (Lipinski definition) is 6. The van der Waals surface area contributed by atoms with Gasteiger partial charge in [0.2, 0.25) is 0 Å². The number of aliphatic hydroxyl groups is 1. The van der Waals surface area contributed by atoms with Crippen molar-refractivity contribution in [2.24, 2.45) is 0 Å². The number of ether oxygens (including phenoxy) is 1. The molecule has 1 aliphatic rings. The summed E-state index contributed by atoms with van der Waals surface area (Å²) in [6.07, 6.45) is -1.92. The largest absolute Gasteiger partial charge is 0.508 e. The Hall–Kier alpha value is -2.80. The number of fused-ring (bicyclic) bond motifs is 1. The standard InChI is InChI=1S/C15H14O7.6H2/c16-7-3-9(17)8-5-12(20)15(22-13(8)4-7)6-1-10(18)14(21)11(19)2-6;;;;;;/h1-4,12,15-21H,5H2;6*1H/t12-,15-;;;;;;/m1....../s1. The quantitative estimate of drug-likeness (QED) is 0.446. The van der Waals surface area contributed by atoms with Crippen LogP contribution in [0.25, 0.3) is 0 Å². The molecule has 2 aromatic carbocycles. The second-order valence-corrected chi connectivity index (χ2v) is 5.16.